The predicted octanol–water partition coefficient (Wildman–Crippen LogP) is 4.15. The zero-order chi connectivity index (χ0) is 23.4. The summed E-state index contributed by atoms with van der Waals surface area (Å²) in [6, 6.07) is 12.2. The van der Waals surface area contributed by atoms with Gasteiger partial charge in [0.15, 0.2) is 11.5 Å². The van der Waals surface area contributed by atoms with Crippen molar-refractivity contribution in [3.05, 3.63) is 47.5 Å². The van der Waals surface area contributed by atoms with E-state index in [1.54, 1.807) is 19.2 Å². The van der Waals surface area contributed by atoms with Gasteiger partial charge < -0.3 is 23.7 Å². The van der Waals surface area contributed by atoms with E-state index in [1.807, 2.05) is 12.1 Å². The molecule has 3 atom stereocenters. The topological polar surface area (TPSA) is 66.5 Å². The fourth-order valence-corrected chi connectivity index (χ4v) is 5.10. The fraction of sp³-hybridized carbons (Fsp3) is 0.500. The fourth-order valence-electron chi connectivity index (χ4n) is 5.10. The van der Waals surface area contributed by atoms with E-state index in [1.165, 1.54) is 26.9 Å². The Bertz CT molecular complexity index is 935. The van der Waals surface area contributed by atoms with Crippen molar-refractivity contribution in [1.29, 1.82) is 0 Å². The van der Waals surface area contributed by atoms with Gasteiger partial charge in [-0.25, -0.2) is 4.79 Å². The molecule has 4 rings (SSSR count). The number of piperidine rings is 1. The van der Waals surface area contributed by atoms with Gasteiger partial charge in [0.1, 0.15) is 5.75 Å². The Labute approximate surface area is 195 Å². The van der Waals surface area contributed by atoms with Crippen LogP contribution in [0.15, 0.2) is 36.4 Å². The normalized spacial score (nSPS) is 22.4. The van der Waals surface area contributed by atoms with E-state index < -0.39 is 0 Å². The number of nitrogens with zero attached hydrogens (tertiary/aromatic N) is 1. The lowest BCUT2D eigenvalue weighted by Crippen LogP contribution is -2.39. The van der Waals surface area contributed by atoms with Gasteiger partial charge in [-0.15, -0.1) is 0 Å². The average molecular weight is 456 g/mol. The van der Waals surface area contributed by atoms with Crippen LogP contribution in [0.4, 0.5) is 0 Å². The van der Waals surface area contributed by atoms with Gasteiger partial charge in [-0.3, -0.25) is 4.90 Å². The lowest BCUT2D eigenvalue weighted by atomic mass is 9.89. The van der Waals surface area contributed by atoms with Gasteiger partial charge >= 0.3 is 5.97 Å². The molecule has 2 aromatic rings. The first-order chi connectivity index (χ1) is 16.1. The van der Waals surface area contributed by atoms with Crippen molar-refractivity contribution >= 4 is 5.97 Å². The average Bonchev–Trinajstić information content (AvgIpc) is 3.29. The van der Waals surface area contributed by atoms with Crippen molar-refractivity contribution < 1.29 is 28.5 Å². The predicted molar refractivity (Wildman–Crippen MR) is 125 cm³/mol. The Morgan fingerprint density at radius 2 is 1.64 bits per heavy atom. The van der Waals surface area contributed by atoms with Crippen LogP contribution in [0.1, 0.15) is 41.1 Å². The summed E-state index contributed by atoms with van der Waals surface area (Å²) in [5.41, 5.74) is 1.76. The van der Waals surface area contributed by atoms with Gasteiger partial charge in [0, 0.05) is 12.6 Å². The quantitative estimate of drug-likeness (QED) is 0.554. The molecule has 0 bridgehead atoms. The van der Waals surface area contributed by atoms with Gasteiger partial charge in [0.25, 0.3) is 0 Å². The number of hydrogen-bond acceptors (Lipinski definition) is 7. The molecule has 33 heavy (non-hydrogen) atoms. The van der Waals surface area contributed by atoms with Gasteiger partial charge in [-0.05, 0) is 67.5 Å². The first-order valence-electron chi connectivity index (χ1n) is 11.4. The highest BCUT2D eigenvalue weighted by molar-refractivity contribution is 5.91. The lowest BCUT2D eigenvalue weighted by molar-refractivity contribution is 0.0339. The Morgan fingerprint density at radius 3 is 2.24 bits per heavy atom. The minimum absolute atomic E-state index is 0.367. The largest absolute Gasteiger partial charge is 0.497 e. The second-order valence-corrected chi connectivity index (χ2v) is 8.76. The second kappa shape index (κ2) is 10.3. The van der Waals surface area contributed by atoms with E-state index in [0.29, 0.717) is 47.3 Å². The summed E-state index contributed by atoms with van der Waals surface area (Å²) in [7, 11) is 6.29. The number of carbonyl (C=O) groups is 1. The molecule has 0 N–H and O–H groups in total. The monoisotopic (exact) mass is 455 g/mol. The maximum atomic E-state index is 12.7. The first kappa shape index (κ1) is 23.2. The number of fused-ring (bicyclic) bond motifs is 1. The molecule has 7 heteroatoms. The van der Waals surface area contributed by atoms with Gasteiger partial charge in [-0.2, -0.15) is 0 Å². The molecule has 0 spiro atoms. The number of carbonyl (C=O) groups excluding carboxylic acids is 1. The lowest BCUT2D eigenvalue weighted by Gasteiger charge is -2.34. The maximum Gasteiger partial charge on any atom is 0.338 e. The molecule has 2 aliphatic heterocycles. The van der Waals surface area contributed by atoms with E-state index in [2.05, 4.69) is 17.0 Å². The molecular weight excluding hydrogens is 422 g/mol. The first-order valence-corrected chi connectivity index (χ1v) is 11.4. The molecule has 0 unspecified atom stereocenters. The number of esters is 1. The molecule has 0 amide bonds. The molecule has 0 radical (unpaired) electrons. The number of rotatable bonds is 8. The molecule has 2 saturated heterocycles. The minimum atomic E-state index is -0.376. The standard InChI is InChI=1S/C26H33NO6/c1-29-22-7-5-18(6-8-22)20-12-21-11-17(9-10-27(21)15-20)16-33-26(28)19-13-23(30-2)25(32-4)24(14-19)31-3/h5-8,13-14,17,20-21H,9-12,15-16H2,1-4H3/t17-,20+,21+/m1/s1. The molecule has 0 aromatic heterocycles. The molecule has 7 nitrogen and oxygen atoms in total. The number of benzene rings is 2. The van der Waals surface area contributed by atoms with Crippen LogP contribution in [0.25, 0.3) is 0 Å². The molecule has 2 aromatic carbocycles. The summed E-state index contributed by atoms with van der Waals surface area (Å²) in [4.78, 5) is 15.3. The Balaban J connectivity index is 1.33. The van der Waals surface area contributed by atoms with Crippen molar-refractivity contribution in [2.45, 2.75) is 31.2 Å². The van der Waals surface area contributed by atoms with Crippen molar-refractivity contribution in [3.8, 4) is 23.0 Å². The Kier molecular flexibility index (Phi) is 7.28. The molecule has 178 valence electrons. The third-order valence-electron chi connectivity index (χ3n) is 6.90. The van der Waals surface area contributed by atoms with Crippen LogP contribution in [-0.2, 0) is 4.74 Å². The zero-order valence-corrected chi connectivity index (χ0v) is 19.8. The van der Waals surface area contributed by atoms with Gasteiger partial charge in [0.2, 0.25) is 5.75 Å². The third kappa shape index (κ3) is 5.03. The van der Waals surface area contributed by atoms with Crippen LogP contribution < -0.4 is 18.9 Å². The molecule has 2 heterocycles. The highest BCUT2D eigenvalue weighted by Gasteiger charge is 2.37. The Morgan fingerprint density at radius 1 is 0.939 bits per heavy atom. The number of ether oxygens (including phenoxy) is 5. The van der Waals surface area contributed by atoms with Gasteiger partial charge in [-0.1, -0.05) is 12.1 Å². The SMILES string of the molecule is COc1ccc([C@H]2C[C@@H]3C[C@H](COC(=O)c4cc(OC)c(OC)c(OC)c4)CCN3C2)cc1. The molecule has 0 aliphatic carbocycles. The van der Waals surface area contributed by atoms with Crippen LogP contribution in [0.2, 0.25) is 0 Å². The number of methoxy groups -OCH3 is 4. The maximum absolute atomic E-state index is 12.7. The highest BCUT2D eigenvalue weighted by atomic mass is 16.5. The molecule has 0 saturated carbocycles. The summed E-state index contributed by atoms with van der Waals surface area (Å²) in [5.74, 6) is 2.76. The van der Waals surface area contributed by atoms with Crippen molar-refractivity contribution in [2.75, 3.05) is 48.1 Å². The van der Waals surface area contributed by atoms with Crippen molar-refractivity contribution in [3.63, 3.8) is 0 Å². The second-order valence-electron chi connectivity index (χ2n) is 8.76. The van der Waals surface area contributed by atoms with E-state index in [0.717, 1.165) is 38.1 Å². The van der Waals surface area contributed by atoms with E-state index >= 15 is 0 Å². The van der Waals surface area contributed by atoms with Crippen LogP contribution in [0, 0.1) is 5.92 Å². The Hall–Kier alpha value is -2.93. The minimum Gasteiger partial charge on any atom is -0.497 e. The van der Waals surface area contributed by atoms with E-state index in [4.69, 9.17) is 23.7 Å². The molecule has 2 fully saturated rings. The van der Waals surface area contributed by atoms with Crippen molar-refractivity contribution in [1.82, 2.24) is 4.90 Å². The third-order valence-corrected chi connectivity index (χ3v) is 6.90. The van der Waals surface area contributed by atoms with Crippen LogP contribution in [0.5, 0.6) is 23.0 Å². The summed E-state index contributed by atoms with van der Waals surface area (Å²) in [6.07, 6.45) is 3.23. The van der Waals surface area contributed by atoms with Crippen LogP contribution in [0.3, 0.4) is 0 Å². The van der Waals surface area contributed by atoms with E-state index in [9.17, 15) is 4.79 Å². The van der Waals surface area contributed by atoms with Crippen LogP contribution >= 0.6 is 0 Å². The van der Waals surface area contributed by atoms with Crippen LogP contribution in [-0.4, -0.2) is 65.0 Å². The smallest absolute Gasteiger partial charge is 0.338 e. The van der Waals surface area contributed by atoms with Gasteiger partial charge in [0.05, 0.1) is 40.6 Å². The molecule has 2 aliphatic rings. The van der Waals surface area contributed by atoms with Crippen molar-refractivity contribution in [2.24, 2.45) is 5.92 Å². The summed E-state index contributed by atoms with van der Waals surface area (Å²) in [5, 5.41) is 0. The van der Waals surface area contributed by atoms with E-state index in [-0.39, 0.29) is 5.97 Å². The molecular formula is C26H33NO6. The summed E-state index contributed by atoms with van der Waals surface area (Å²) < 4.78 is 27.0. The zero-order valence-electron chi connectivity index (χ0n) is 19.8. The number of hydrogen-bond donors (Lipinski definition) is 0. The highest BCUT2D eigenvalue weighted by Crippen LogP contribution is 2.40. The summed E-state index contributed by atoms with van der Waals surface area (Å²) >= 11 is 0. The summed E-state index contributed by atoms with van der Waals surface area (Å²) in [6.45, 7) is 2.56.